The first-order valence-electron chi connectivity index (χ1n) is 3.06. The molecule has 0 spiro atoms. The lowest BCUT2D eigenvalue weighted by molar-refractivity contribution is 0.468. The molecule has 0 radical (unpaired) electrons. The van der Waals surface area contributed by atoms with Gasteiger partial charge in [-0.05, 0) is 30.6 Å². The maximum Gasteiger partial charge on any atom is -0.0174 e. The van der Waals surface area contributed by atoms with E-state index in [2.05, 4.69) is 12.7 Å². The Labute approximate surface area is 44.2 Å². The standard InChI is InChI=1S/C7H10/c1-2-5-6-3-4-7(5)6/h2,5-7H,1,3-4H2/t5?,6-,7?/m1/s1. The van der Waals surface area contributed by atoms with E-state index in [1.54, 1.807) is 0 Å². The van der Waals surface area contributed by atoms with Crippen molar-refractivity contribution in [1.29, 1.82) is 0 Å². The maximum absolute atomic E-state index is 3.76. The molecule has 2 rings (SSSR count). The smallest absolute Gasteiger partial charge is 0.0174 e. The molecular formula is C7H10. The highest BCUT2D eigenvalue weighted by atomic mass is 14.6. The third-order valence-electron chi connectivity index (χ3n) is 2.50. The molecule has 2 saturated carbocycles. The zero-order valence-corrected chi connectivity index (χ0v) is 4.43. The monoisotopic (exact) mass is 94.1 g/mol. The number of allylic oxidation sites excluding steroid dienone is 1. The van der Waals surface area contributed by atoms with Gasteiger partial charge < -0.3 is 0 Å². The molecule has 0 N–H and O–H groups in total. The summed E-state index contributed by atoms with van der Waals surface area (Å²) < 4.78 is 0. The average molecular weight is 94.2 g/mol. The lowest BCUT2D eigenvalue weighted by Gasteiger charge is -2.04. The number of rotatable bonds is 1. The van der Waals surface area contributed by atoms with Crippen LogP contribution in [0.1, 0.15) is 12.8 Å². The third-order valence-corrected chi connectivity index (χ3v) is 2.50. The van der Waals surface area contributed by atoms with Crippen LogP contribution in [-0.2, 0) is 0 Å². The molecule has 2 aliphatic carbocycles. The Morgan fingerprint density at radius 3 is 2.00 bits per heavy atom. The number of fused-ring (bicyclic) bond motifs is 1. The van der Waals surface area contributed by atoms with Gasteiger partial charge in [-0.2, -0.15) is 0 Å². The SMILES string of the molecule is C=CC1C2CC[C@H]12. The second-order valence-electron chi connectivity index (χ2n) is 2.72. The predicted molar refractivity (Wildman–Crippen MR) is 29.9 cm³/mol. The van der Waals surface area contributed by atoms with Crippen molar-refractivity contribution in [2.75, 3.05) is 0 Å². The van der Waals surface area contributed by atoms with Crippen molar-refractivity contribution in [3.63, 3.8) is 0 Å². The molecule has 3 atom stereocenters. The molecular weight excluding hydrogens is 84.1 g/mol. The fourth-order valence-corrected chi connectivity index (χ4v) is 1.76. The summed E-state index contributed by atoms with van der Waals surface area (Å²) in [7, 11) is 0. The lowest BCUT2D eigenvalue weighted by atomic mass is 10.0. The molecule has 2 fully saturated rings. The van der Waals surface area contributed by atoms with Gasteiger partial charge in [0, 0.05) is 0 Å². The van der Waals surface area contributed by atoms with Gasteiger partial charge in [0.05, 0.1) is 0 Å². The van der Waals surface area contributed by atoms with E-state index in [1.165, 1.54) is 12.8 Å². The molecule has 0 aliphatic heterocycles. The van der Waals surface area contributed by atoms with Crippen LogP contribution in [-0.4, -0.2) is 0 Å². The first-order valence-corrected chi connectivity index (χ1v) is 3.06. The Morgan fingerprint density at radius 2 is 1.86 bits per heavy atom. The Balaban J connectivity index is 2.06. The van der Waals surface area contributed by atoms with Crippen LogP contribution < -0.4 is 0 Å². The molecule has 0 bridgehead atoms. The molecule has 2 aliphatic rings. The van der Waals surface area contributed by atoms with Gasteiger partial charge in [0.2, 0.25) is 0 Å². The predicted octanol–water partition coefficient (Wildman–Crippen LogP) is 1.83. The zero-order valence-electron chi connectivity index (χ0n) is 4.43. The summed E-state index contributed by atoms with van der Waals surface area (Å²) in [5.74, 6) is 3.13. The summed E-state index contributed by atoms with van der Waals surface area (Å²) in [6, 6.07) is 0. The second kappa shape index (κ2) is 0.936. The largest absolute Gasteiger partial charge is 0.103 e. The van der Waals surface area contributed by atoms with Gasteiger partial charge in [0.25, 0.3) is 0 Å². The summed E-state index contributed by atoms with van der Waals surface area (Å²) in [6.07, 6.45) is 5.10. The van der Waals surface area contributed by atoms with Crippen LogP contribution in [0.3, 0.4) is 0 Å². The highest BCUT2D eigenvalue weighted by molar-refractivity contribution is 5.11. The van der Waals surface area contributed by atoms with Crippen molar-refractivity contribution in [3.8, 4) is 0 Å². The number of hydrogen-bond donors (Lipinski definition) is 0. The van der Waals surface area contributed by atoms with Crippen LogP contribution >= 0.6 is 0 Å². The fourth-order valence-electron chi connectivity index (χ4n) is 1.76. The van der Waals surface area contributed by atoms with Crippen molar-refractivity contribution in [2.24, 2.45) is 17.8 Å². The van der Waals surface area contributed by atoms with Gasteiger partial charge in [0.15, 0.2) is 0 Å². The van der Waals surface area contributed by atoms with Crippen LogP contribution in [0.5, 0.6) is 0 Å². The van der Waals surface area contributed by atoms with Gasteiger partial charge in [-0.1, -0.05) is 6.08 Å². The first-order chi connectivity index (χ1) is 3.43. The Kier molecular flexibility index (Phi) is 0.495. The topological polar surface area (TPSA) is 0 Å². The molecule has 38 valence electrons. The van der Waals surface area contributed by atoms with Gasteiger partial charge in [-0.3, -0.25) is 0 Å². The zero-order chi connectivity index (χ0) is 4.85. The van der Waals surface area contributed by atoms with E-state index < -0.39 is 0 Å². The van der Waals surface area contributed by atoms with Crippen molar-refractivity contribution < 1.29 is 0 Å². The van der Waals surface area contributed by atoms with Crippen molar-refractivity contribution >= 4 is 0 Å². The molecule has 0 aromatic rings. The first kappa shape index (κ1) is 3.71. The van der Waals surface area contributed by atoms with Gasteiger partial charge in [-0.15, -0.1) is 6.58 Å². The van der Waals surface area contributed by atoms with E-state index >= 15 is 0 Å². The molecule has 7 heavy (non-hydrogen) atoms. The highest BCUT2D eigenvalue weighted by Gasteiger charge is 2.54. The van der Waals surface area contributed by atoms with Gasteiger partial charge in [0.1, 0.15) is 0 Å². The maximum atomic E-state index is 3.76. The minimum Gasteiger partial charge on any atom is -0.103 e. The number of hydrogen-bond acceptors (Lipinski definition) is 0. The Bertz CT molecular complexity index is 94.6. The quantitative estimate of drug-likeness (QED) is 0.435. The fraction of sp³-hybridized carbons (Fsp3) is 0.714. The molecule has 0 amide bonds. The summed E-state index contributed by atoms with van der Waals surface area (Å²) in [4.78, 5) is 0. The van der Waals surface area contributed by atoms with Crippen molar-refractivity contribution in [2.45, 2.75) is 12.8 Å². The molecule has 0 nitrogen and oxygen atoms in total. The van der Waals surface area contributed by atoms with E-state index in [0.717, 1.165) is 17.8 Å². The van der Waals surface area contributed by atoms with E-state index in [0.29, 0.717) is 0 Å². The van der Waals surface area contributed by atoms with Crippen LogP contribution in [0.15, 0.2) is 12.7 Å². The second-order valence-corrected chi connectivity index (χ2v) is 2.72. The Hall–Kier alpha value is -0.260. The lowest BCUT2D eigenvalue weighted by Crippen LogP contribution is -1.93. The van der Waals surface area contributed by atoms with Crippen molar-refractivity contribution in [3.05, 3.63) is 12.7 Å². The Morgan fingerprint density at radius 1 is 1.29 bits per heavy atom. The average Bonchev–Trinajstić information content (AvgIpc) is 2.07. The molecule has 0 saturated heterocycles. The normalized spacial score (nSPS) is 54.6. The molecule has 0 aromatic heterocycles. The summed E-state index contributed by atoms with van der Waals surface area (Å²) in [5.41, 5.74) is 0. The molecule has 2 unspecified atom stereocenters. The molecule has 0 aromatic carbocycles. The van der Waals surface area contributed by atoms with Crippen LogP contribution in [0.2, 0.25) is 0 Å². The third kappa shape index (κ3) is 0.287. The van der Waals surface area contributed by atoms with Gasteiger partial charge in [-0.25, -0.2) is 0 Å². The van der Waals surface area contributed by atoms with Crippen LogP contribution in [0.25, 0.3) is 0 Å². The van der Waals surface area contributed by atoms with E-state index in [4.69, 9.17) is 0 Å². The molecule has 0 heterocycles. The molecule has 0 heteroatoms. The minimum atomic E-state index is 0.944. The summed E-state index contributed by atoms with van der Waals surface area (Å²) in [5, 5.41) is 0. The summed E-state index contributed by atoms with van der Waals surface area (Å²) in [6.45, 7) is 3.76. The van der Waals surface area contributed by atoms with E-state index in [9.17, 15) is 0 Å². The van der Waals surface area contributed by atoms with Gasteiger partial charge >= 0.3 is 0 Å². The van der Waals surface area contributed by atoms with Crippen molar-refractivity contribution in [1.82, 2.24) is 0 Å². The van der Waals surface area contributed by atoms with Crippen LogP contribution in [0.4, 0.5) is 0 Å². The minimum absolute atomic E-state index is 0.944. The van der Waals surface area contributed by atoms with E-state index in [-0.39, 0.29) is 0 Å². The summed E-state index contributed by atoms with van der Waals surface area (Å²) >= 11 is 0. The van der Waals surface area contributed by atoms with E-state index in [1.807, 2.05) is 0 Å². The van der Waals surface area contributed by atoms with Crippen LogP contribution in [0, 0.1) is 17.8 Å². The highest BCUT2D eigenvalue weighted by Crippen LogP contribution is 2.61.